The van der Waals surface area contributed by atoms with Gasteiger partial charge in [-0.05, 0) is 25.3 Å². The lowest BCUT2D eigenvalue weighted by Crippen LogP contribution is -2.05. The van der Waals surface area contributed by atoms with Gasteiger partial charge in [0, 0.05) is 33.8 Å². The van der Waals surface area contributed by atoms with E-state index in [4.69, 9.17) is 4.98 Å². The molecule has 0 spiro atoms. The van der Waals surface area contributed by atoms with E-state index in [0.717, 1.165) is 47.1 Å². The van der Waals surface area contributed by atoms with Crippen molar-refractivity contribution in [3.8, 4) is 11.4 Å². The van der Waals surface area contributed by atoms with Crippen molar-refractivity contribution in [1.82, 2.24) is 24.6 Å². The van der Waals surface area contributed by atoms with Gasteiger partial charge < -0.3 is 4.98 Å². The van der Waals surface area contributed by atoms with Gasteiger partial charge in [-0.25, -0.2) is 14.5 Å². The Kier molecular flexibility index (Phi) is 2.44. The van der Waals surface area contributed by atoms with Crippen molar-refractivity contribution in [2.45, 2.75) is 19.3 Å². The molecule has 0 amide bonds. The highest BCUT2D eigenvalue weighted by atomic mass is 16.1. The number of aromatic nitrogens is 5. The molecule has 0 fully saturated rings. The molecular formula is C17H13N5O. The van der Waals surface area contributed by atoms with Crippen LogP contribution in [0.1, 0.15) is 17.7 Å². The lowest BCUT2D eigenvalue weighted by molar-refractivity contribution is 0.888. The van der Waals surface area contributed by atoms with Crippen LogP contribution >= 0.6 is 0 Å². The molecule has 0 atom stereocenters. The topological polar surface area (TPSA) is 75.9 Å². The van der Waals surface area contributed by atoms with Crippen LogP contribution < -0.4 is 5.56 Å². The maximum absolute atomic E-state index is 11.9. The number of hydrogen-bond acceptors (Lipinski definition) is 4. The molecule has 0 saturated carbocycles. The molecule has 1 aromatic carbocycles. The average molecular weight is 303 g/mol. The van der Waals surface area contributed by atoms with Gasteiger partial charge in [-0.15, -0.1) is 5.10 Å². The van der Waals surface area contributed by atoms with Crippen LogP contribution in [0.15, 0.2) is 41.5 Å². The Balaban J connectivity index is 1.83. The fraction of sp³-hybridized carbons (Fsp3) is 0.176. The third kappa shape index (κ3) is 1.81. The number of aromatic amines is 1. The van der Waals surface area contributed by atoms with Crippen LogP contribution in [0.2, 0.25) is 0 Å². The number of para-hydroxylation sites is 1. The molecule has 6 nitrogen and oxygen atoms in total. The molecule has 4 aromatic rings. The van der Waals surface area contributed by atoms with Crippen LogP contribution in [0.4, 0.5) is 0 Å². The van der Waals surface area contributed by atoms with E-state index in [2.05, 4.69) is 15.1 Å². The lowest BCUT2D eigenvalue weighted by Gasteiger charge is -2.01. The second-order valence-electron chi connectivity index (χ2n) is 5.82. The molecule has 0 unspecified atom stereocenters. The van der Waals surface area contributed by atoms with E-state index in [1.54, 1.807) is 16.9 Å². The van der Waals surface area contributed by atoms with E-state index < -0.39 is 0 Å². The molecule has 3 heterocycles. The monoisotopic (exact) mass is 303 g/mol. The Morgan fingerprint density at radius 2 is 2.09 bits per heavy atom. The highest BCUT2D eigenvalue weighted by Crippen LogP contribution is 2.27. The Bertz CT molecular complexity index is 1120. The van der Waals surface area contributed by atoms with Gasteiger partial charge >= 0.3 is 0 Å². The Labute approximate surface area is 130 Å². The number of rotatable bonds is 1. The van der Waals surface area contributed by atoms with Crippen LogP contribution in [-0.4, -0.2) is 24.6 Å². The SMILES string of the molecule is O=c1cc(-c2nc3c4c(ncn3n2)CCC4)c2ccccc2[nH]1. The van der Waals surface area contributed by atoms with Crippen LogP contribution in [-0.2, 0) is 12.8 Å². The molecule has 5 rings (SSSR count). The smallest absolute Gasteiger partial charge is 0.249 e. The first kappa shape index (κ1) is 12.5. The zero-order valence-electron chi connectivity index (χ0n) is 12.3. The highest BCUT2D eigenvalue weighted by molar-refractivity contribution is 5.92. The number of pyridine rings is 1. The quantitative estimate of drug-likeness (QED) is 0.584. The summed E-state index contributed by atoms with van der Waals surface area (Å²) in [5.41, 5.74) is 4.54. The highest BCUT2D eigenvalue weighted by Gasteiger charge is 2.19. The van der Waals surface area contributed by atoms with E-state index in [1.807, 2.05) is 24.3 Å². The minimum Gasteiger partial charge on any atom is -0.322 e. The molecule has 1 aliphatic carbocycles. The molecule has 0 radical (unpaired) electrons. The van der Waals surface area contributed by atoms with Crippen molar-refractivity contribution in [2.75, 3.05) is 0 Å². The van der Waals surface area contributed by atoms with Crippen LogP contribution in [0.5, 0.6) is 0 Å². The standard InChI is InChI=1S/C17H13N5O/c23-15-8-12(10-4-1-2-6-14(10)19-15)16-20-17-11-5-3-7-13(11)18-9-22(17)21-16/h1-2,4,6,8-9H,3,5,7H2,(H,19,23). The molecular weight excluding hydrogens is 290 g/mol. The van der Waals surface area contributed by atoms with Crippen molar-refractivity contribution in [2.24, 2.45) is 0 Å². The summed E-state index contributed by atoms with van der Waals surface area (Å²) in [5, 5.41) is 5.48. The molecule has 0 aliphatic heterocycles. The maximum atomic E-state index is 11.9. The van der Waals surface area contributed by atoms with Gasteiger partial charge in [-0.2, -0.15) is 0 Å². The van der Waals surface area contributed by atoms with Crippen LogP contribution in [0.3, 0.4) is 0 Å². The molecule has 1 N–H and O–H groups in total. The second-order valence-corrected chi connectivity index (χ2v) is 5.82. The number of nitrogens with one attached hydrogen (secondary N) is 1. The molecule has 1 aliphatic rings. The number of hydrogen-bond donors (Lipinski definition) is 1. The molecule has 6 heteroatoms. The summed E-state index contributed by atoms with van der Waals surface area (Å²) in [5.74, 6) is 0.564. The summed E-state index contributed by atoms with van der Waals surface area (Å²) in [7, 11) is 0. The van der Waals surface area contributed by atoms with E-state index in [1.165, 1.54) is 5.56 Å². The van der Waals surface area contributed by atoms with Gasteiger partial charge in [0.1, 0.15) is 6.33 Å². The zero-order valence-corrected chi connectivity index (χ0v) is 12.3. The molecule has 0 saturated heterocycles. The minimum absolute atomic E-state index is 0.152. The summed E-state index contributed by atoms with van der Waals surface area (Å²) in [6.45, 7) is 0. The summed E-state index contributed by atoms with van der Waals surface area (Å²) < 4.78 is 1.72. The first-order valence-corrected chi connectivity index (χ1v) is 7.65. The number of H-pyrrole nitrogens is 1. The van der Waals surface area contributed by atoms with Gasteiger partial charge in [0.05, 0.1) is 0 Å². The van der Waals surface area contributed by atoms with Gasteiger partial charge in [0.15, 0.2) is 11.5 Å². The molecule has 0 bridgehead atoms. The fourth-order valence-corrected chi connectivity index (χ4v) is 3.35. The first-order chi connectivity index (χ1) is 11.3. The number of benzene rings is 1. The van der Waals surface area contributed by atoms with E-state index in [-0.39, 0.29) is 5.56 Å². The number of aryl methyl sites for hydroxylation is 2. The first-order valence-electron chi connectivity index (χ1n) is 7.65. The van der Waals surface area contributed by atoms with Crippen molar-refractivity contribution in [3.05, 3.63) is 58.3 Å². The van der Waals surface area contributed by atoms with E-state index in [9.17, 15) is 4.79 Å². The Hall–Kier alpha value is -3.02. The van der Waals surface area contributed by atoms with Gasteiger partial charge in [0.2, 0.25) is 5.56 Å². The number of fused-ring (bicyclic) bond motifs is 4. The maximum Gasteiger partial charge on any atom is 0.249 e. The van der Waals surface area contributed by atoms with Crippen molar-refractivity contribution < 1.29 is 0 Å². The average Bonchev–Trinajstić information content (AvgIpc) is 3.19. The predicted molar refractivity (Wildman–Crippen MR) is 86.4 cm³/mol. The van der Waals surface area contributed by atoms with Crippen LogP contribution in [0.25, 0.3) is 27.9 Å². The predicted octanol–water partition coefficient (Wildman–Crippen LogP) is 2.12. The molecule has 3 aromatic heterocycles. The Morgan fingerprint density at radius 1 is 1.17 bits per heavy atom. The summed E-state index contributed by atoms with van der Waals surface area (Å²) >= 11 is 0. The van der Waals surface area contributed by atoms with Crippen LogP contribution in [0, 0.1) is 0 Å². The second kappa shape index (κ2) is 4.49. The summed E-state index contributed by atoms with van der Waals surface area (Å²) in [6.07, 6.45) is 4.81. The normalized spacial score (nSPS) is 13.7. The summed E-state index contributed by atoms with van der Waals surface area (Å²) in [4.78, 5) is 24.0. The van der Waals surface area contributed by atoms with E-state index in [0.29, 0.717) is 5.82 Å². The zero-order chi connectivity index (χ0) is 15.4. The summed E-state index contributed by atoms with van der Waals surface area (Å²) in [6, 6.07) is 9.25. The van der Waals surface area contributed by atoms with Gasteiger partial charge in [-0.3, -0.25) is 4.79 Å². The van der Waals surface area contributed by atoms with Crippen molar-refractivity contribution in [3.63, 3.8) is 0 Å². The third-order valence-corrected chi connectivity index (χ3v) is 4.40. The minimum atomic E-state index is -0.152. The van der Waals surface area contributed by atoms with Gasteiger partial charge in [-0.1, -0.05) is 18.2 Å². The van der Waals surface area contributed by atoms with E-state index >= 15 is 0 Å². The largest absolute Gasteiger partial charge is 0.322 e. The van der Waals surface area contributed by atoms with Crippen molar-refractivity contribution in [1.29, 1.82) is 0 Å². The fourth-order valence-electron chi connectivity index (χ4n) is 3.35. The molecule has 112 valence electrons. The lowest BCUT2D eigenvalue weighted by atomic mass is 10.1. The molecule has 23 heavy (non-hydrogen) atoms. The Morgan fingerprint density at radius 3 is 3.04 bits per heavy atom. The number of nitrogens with zero attached hydrogens (tertiary/aromatic N) is 4. The van der Waals surface area contributed by atoms with Crippen molar-refractivity contribution >= 4 is 16.6 Å². The third-order valence-electron chi connectivity index (χ3n) is 4.40. The van der Waals surface area contributed by atoms with Gasteiger partial charge in [0.25, 0.3) is 0 Å².